The van der Waals surface area contributed by atoms with Gasteiger partial charge in [-0.25, -0.2) is 0 Å². The largest absolute Gasteiger partial charge is 0.484 e. The molecule has 0 bridgehead atoms. The number of carbonyl (C=O) groups excluding carboxylic acids is 1. The Morgan fingerprint density at radius 1 is 1.40 bits per heavy atom. The SMILES string of the molecule is CN(C[C@@H]1CCCCO1)C(=O)c1cc(COc2cncc(Cl)c2)on1. The van der Waals surface area contributed by atoms with Crippen molar-refractivity contribution in [1.29, 1.82) is 0 Å². The summed E-state index contributed by atoms with van der Waals surface area (Å²) in [6.07, 6.45) is 6.35. The smallest absolute Gasteiger partial charge is 0.275 e. The quantitative estimate of drug-likeness (QED) is 0.783. The van der Waals surface area contributed by atoms with Crippen LogP contribution in [0.25, 0.3) is 0 Å². The Labute approximate surface area is 150 Å². The van der Waals surface area contributed by atoms with Gasteiger partial charge in [-0.15, -0.1) is 0 Å². The number of hydrogen-bond donors (Lipinski definition) is 0. The van der Waals surface area contributed by atoms with Crippen LogP contribution in [-0.4, -0.2) is 47.3 Å². The van der Waals surface area contributed by atoms with E-state index in [1.54, 1.807) is 30.3 Å². The molecule has 3 rings (SSSR count). The van der Waals surface area contributed by atoms with Gasteiger partial charge in [0.05, 0.1) is 17.3 Å². The van der Waals surface area contributed by atoms with Crippen LogP contribution in [0.15, 0.2) is 29.0 Å². The molecule has 0 aromatic carbocycles. The predicted octanol–water partition coefficient (Wildman–Crippen LogP) is 2.94. The molecule has 1 saturated heterocycles. The van der Waals surface area contributed by atoms with E-state index in [4.69, 9.17) is 25.6 Å². The van der Waals surface area contributed by atoms with E-state index in [1.165, 1.54) is 6.20 Å². The Kier molecular flexibility index (Phi) is 5.88. The second-order valence-corrected chi connectivity index (χ2v) is 6.42. The molecule has 8 heteroatoms. The lowest BCUT2D eigenvalue weighted by Gasteiger charge is -2.26. The monoisotopic (exact) mass is 365 g/mol. The molecule has 0 N–H and O–H groups in total. The summed E-state index contributed by atoms with van der Waals surface area (Å²) < 4.78 is 16.4. The molecule has 1 aliphatic heterocycles. The van der Waals surface area contributed by atoms with Gasteiger partial charge >= 0.3 is 0 Å². The molecule has 2 aromatic rings. The molecule has 1 fully saturated rings. The zero-order chi connectivity index (χ0) is 17.6. The highest BCUT2D eigenvalue weighted by molar-refractivity contribution is 6.30. The number of hydrogen-bond acceptors (Lipinski definition) is 6. The van der Waals surface area contributed by atoms with Crippen molar-refractivity contribution in [2.75, 3.05) is 20.2 Å². The molecular formula is C17H20ClN3O4. The van der Waals surface area contributed by atoms with Crippen molar-refractivity contribution >= 4 is 17.5 Å². The normalized spacial score (nSPS) is 17.3. The van der Waals surface area contributed by atoms with E-state index in [2.05, 4.69) is 10.1 Å². The lowest BCUT2D eigenvalue weighted by atomic mass is 10.1. The lowest BCUT2D eigenvalue weighted by molar-refractivity contribution is -0.000360. The number of likely N-dealkylation sites (N-methyl/N-ethyl adjacent to an activating group) is 1. The highest BCUT2D eigenvalue weighted by Gasteiger charge is 2.22. The third-order valence-corrected chi connectivity index (χ3v) is 4.14. The van der Waals surface area contributed by atoms with Gasteiger partial charge in [-0.1, -0.05) is 16.8 Å². The summed E-state index contributed by atoms with van der Waals surface area (Å²) >= 11 is 5.85. The number of halogens is 1. The first-order chi connectivity index (χ1) is 12.1. The van der Waals surface area contributed by atoms with Crippen molar-refractivity contribution in [3.05, 3.63) is 41.0 Å². The average molecular weight is 366 g/mol. The van der Waals surface area contributed by atoms with Crippen molar-refractivity contribution in [3.63, 3.8) is 0 Å². The Hall–Kier alpha value is -2.12. The molecule has 0 aliphatic carbocycles. The van der Waals surface area contributed by atoms with E-state index < -0.39 is 0 Å². The van der Waals surface area contributed by atoms with Crippen LogP contribution < -0.4 is 4.74 Å². The van der Waals surface area contributed by atoms with Gasteiger partial charge in [0.1, 0.15) is 12.4 Å². The van der Waals surface area contributed by atoms with Crippen LogP contribution in [0.4, 0.5) is 0 Å². The number of rotatable bonds is 6. The molecule has 1 amide bonds. The molecular weight excluding hydrogens is 346 g/mol. The zero-order valence-electron chi connectivity index (χ0n) is 14.0. The minimum atomic E-state index is -0.200. The molecule has 3 heterocycles. The van der Waals surface area contributed by atoms with Gasteiger partial charge in [0.2, 0.25) is 0 Å². The topological polar surface area (TPSA) is 77.7 Å². The standard InChI is InChI=1S/C17H20ClN3O4/c1-21(10-13-4-2-3-5-23-13)17(22)16-7-15(25-20-16)11-24-14-6-12(18)8-19-9-14/h6-9,13H,2-5,10-11H2,1H3/t13-/m0/s1. The molecule has 0 radical (unpaired) electrons. The van der Waals surface area contributed by atoms with Gasteiger partial charge < -0.3 is 18.9 Å². The van der Waals surface area contributed by atoms with E-state index in [-0.39, 0.29) is 24.3 Å². The minimum absolute atomic E-state index is 0.0905. The molecule has 0 saturated carbocycles. The van der Waals surface area contributed by atoms with Crippen LogP contribution in [-0.2, 0) is 11.3 Å². The van der Waals surface area contributed by atoms with Crippen LogP contribution in [0.5, 0.6) is 5.75 Å². The Morgan fingerprint density at radius 3 is 3.04 bits per heavy atom. The van der Waals surface area contributed by atoms with Crippen molar-refractivity contribution < 1.29 is 18.8 Å². The third kappa shape index (κ3) is 4.93. The summed E-state index contributed by atoms with van der Waals surface area (Å²) in [6.45, 7) is 1.44. The number of pyridine rings is 1. The van der Waals surface area contributed by atoms with Gasteiger partial charge in [0, 0.05) is 38.5 Å². The van der Waals surface area contributed by atoms with Crippen LogP contribution in [0.1, 0.15) is 35.5 Å². The van der Waals surface area contributed by atoms with Gasteiger partial charge in [0.25, 0.3) is 5.91 Å². The Balaban J connectivity index is 1.53. The van der Waals surface area contributed by atoms with Crippen molar-refractivity contribution in [3.8, 4) is 5.75 Å². The number of amides is 1. The van der Waals surface area contributed by atoms with E-state index in [1.807, 2.05) is 0 Å². The molecule has 2 aromatic heterocycles. The lowest BCUT2D eigenvalue weighted by Crippen LogP contribution is -2.37. The second kappa shape index (κ2) is 8.31. The summed E-state index contributed by atoms with van der Waals surface area (Å²) in [7, 11) is 1.74. The zero-order valence-corrected chi connectivity index (χ0v) is 14.7. The third-order valence-electron chi connectivity index (χ3n) is 3.94. The minimum Gasteiger partial charge on any atom is -0.484 e. The molecule has 1 aliphatic rings. The molecule has 25 heavy (non-hydrogen) atoms. The van der Waals surface area contributed by atoms with Crippen LogP contribution in [0, 0.1) is 0 Å². The number of nitrogens with zero attached hydrogens (tertiary/aromatic N) is 3. The molecule has 1 atom stereocenters. The second-order valence-electron chi connectivity index (χ2n) is 5.98. The van der Waals surface area contributed by atoms with Gasteiger partial charge in [-0.05, 0) is 19.3 Å². The Morgan fingerprint density at radius 2 is 2.28 bits per heavy atom. The molecule has 0 spiro atoms. The van der Waals surface area contributed by atoms with Crippen molar-refractivity contribution in [1.82, 2.24) is 15.0 Å². The van der Waals surface area contributed by atoms with Crippen LogP contribution in [0.3, 0.4) is 0 Å². The number of ether oxygens (including phenoxy) is 2. The highest BCUT2D eigenvalue weighted by atomic mass is 35.5. The van der Waals surface area contributed by atoms with Gasteiger partial charge in [-0.2, -0.15) is 0 Å². The Bertz CT molecular complexity index is 715. The maximum absolute atomic E-state index is 12.4. The van der Waals surface area contributed by atoms with Gasteiger partial charge in [-0.3, -0.25) is 9.78 Å². The van der Waals surface area contributed by atoms with E-state index in [0.29, 0.717) is 23.1 Å². The number of carbonyl (C=O) groups is 1. The fourth-order valence-electron chi connectivity index (χ4n) is 2.64. The fraction of sp³-hybridized carbons (Fsp3) is 0.471. The average Bonchev–Trinajstić information content (AvgIpc) is 3.09. The van der Waals surface area contributed by atoms with Gasteiger partial charge in [0.15, 0.2) is 11.5 Å². The van der Waals surface area contributed by atoms with E-state index in [9.17, 15) is 4.79 Å². The predicted molar refractivity (Wildman–Crippen MR) is 90.6 cm³/mol. The first-order valence-electron chi connectivity index (χ1n) is 8.18. The summed E-state index contributed by atoms with van der Waals surface area (Å²) in [4.78, 5) is 18.0. The number of aromatic nitrogens is 2. The van der Waals surface area contributed by atoms with Crippen LogP contribution in [0.2, 0.25) is 5.02 Å². The molecule has 134 valence electrons. The van der Waals surface area contributed by atoms with Crippen LogP contribution >= 0.6 is 11.6 Å². The van der Waals surface area contributed by atoms with E-state index >= 15 is 0 Å². The first-order valence-corrected chi connectivity index (χ1v) is 8.55. The molecule has 7 nitrogen and oxygen atoms in total. The fourth-order valence-corrected chi connectivity index (χ4v) is 2.81. The van der Waals surface area contributed by atoms with Crippen molar-refractivity contribution in [2.24, 2.45) is 0 Å². The maximum Gasteiger partial charge on any atom is 0.275 e. The van der Waals surface area contributed by atoms with E-state index in [0.717, 1.165) is 25.9 Å². The first kappa shape index (κ1) is 17.7. The summed E-state index contributed by atoms with van der Waals surface area (Å²) in [5.41, 5.74) is 0.251. The summed E-state index contributed by atoms with van der Waals surface area (Å²) in [5, 5.41) is 4.32. The molecule has 0 unspecified atom stereocenters. The van der Waals surface area contributed by atoms with Crippen molar-refractivity contribution in [2.45, 2.75) is 32.0 Å². The highest BCUT2D eigenvalue weighted by Crippen LogP contribution is 2.18. The maximum atomic E-state index is 12.4. The summed E-state index contributed by atoms with van der Waals surface area (Å²) in [5.74, 6) is 0.766. The summed E-state index contributed by atoms with van der Waals surface area (Å²) in [6, 6.07) is 3.23.